The summed E-state index contributed by atoms with van der Waals surface area (Å²) in [6.07, 6.45) is -3.24. The first-order chi connectivity index (χ1) is 10.7. The minimum atomic E-state index is -1.30. The number of fused-ring (bicyclic) bond motifs is 1. The fraction of sp³-hybridized carbons (Fsp3) is 0.533. The first kappa shape index (κ1) is 17.7. The second-order valence-electron chi connectivity index (χ2n) is 6.12. The Morgan fingerprint density at radius 1 is 1.35 bits per heavy atom. The van der Waals surface area contributed by atoms with Crippen LogP contribution in [0.2, 0.25) is 5.02 Å². The molecule has 0 aromatic heterocycles. The molecule has 1 amide bonds. The molecule has 0 aliphatic carbocycles. The van der Waals surface area contributed by atoms with Crippen LogP contribution in [0.25, 0.3) is 0 Å². The van der Waals surface area contributed by atoms with Crippen molar-refractivity contribution >= 4 is 17.7 Å². The van der Waals surface area contributed by atoms with Gasteiger partial charge >= 0.3 is 6.09 Å². The van der Waals surface area contributed by atoms with Crippen LogP contribution in [0, 0.1) is 0 Å². The Bertz CT molecular complexity index is 586. The Morgan fingerprint density at radius 3 is 2.57 bits per heavy atom. The summed E-state index contributed by atoms with van der Waals surface area (Å²) < 4.78 is 15.4. The molecule has 0 fully saturated rings. The van der Waals surface area contributed by atoms with E-state index in [9.17, 15) is 15.0 Å². The van der Waals surface area contributed by atoms with Crippen LogP contribution in [0.1, 0.15) is 32.4 Å². The van der Waals surface area contributed by atoms with E-state index in [0.29, 0.717) is 11.5 Å². The highest BCUT2D eigenvalue weighted by Crippen LogP contribution is 2.39. The molecule has 128 valence electrons. The predicted molar refractivity (Wildman–Crippen MR) is 82.8 cm³/mol. The third-order valence-electron chi connectivity index (χ3n) is 3.03. The fourth-order valence-electron chi connectivity index (χ4n) is 1.98. The predicted octanol–water partition coefficient (Wildman–Crippen LogP) is 1.99. The average molecular weight is 346 g/mol. The summed E-state index contributed by atoms with van der Waals surface area (Å²) in [5.41, 5.74) is -0.358. The molecule has 2 rings (SSSR count). The molecule has 0 radical (unpaired) electrons. The highest BCUT2D eigenvalue weighted by molar-refractivity contribution is 6.31. The summed E-state index contributed by atoms with van der Waals surface area (Å²) in [5.74, 6) is 0.920. The minimum Gasteiger partial charge on any atom is -0.454 e. The van der Waals surface area contributed by atoms with E-state index in [1.807, 2.05) is 0 Å². The normalized spacial score (nSPS) is 15.9. The third kappa shape index (κ3) is 4.63. The topological polar surface area (TPSA) is 97.3 Å². The summed E-state index contributed by atoms with van der Waals surface area (Å²) >= 11 is 6.08. The number of halogens is 1. The number of rotatable bonds is 4. The van der Waals surface area contributed by atoms with Crippen LogP contribution in [-0.4, -0.2) is 41.3 Å². The van der Waals surface area contributed by atoms with E-state index in [1.54, 1.807) is 20.8 Å². The number of ether oxygens (including phenoxy) is 3. The number of amides is 1. The van der Waals surface area contributed by atoms with E-state index >= 15 is 0 Å². The molecule has 2 unspecified atom stereocenters. The maximum absolute atomic E-state index is 11.6. The highest BCUT2D eigenvalue weighted by atomic mass is 35.5. The van der Waals surface area contributed by atoms with Gasteiger partial charge in [-0.05, 0) is 26.8 Å². The second kappa shape index (κ2) is 6.82. The molecule has 1 aliphatic heterocycles. The fourth-order valence-corrected chi connectivity index (χ4v) is 2.25. The van der Waals surface area contributed by atoms with Gasteiger partial charge in [0.2, 0.25) is 6.79 Å². The molecule has 1 aromatic carbocycles. The van der Waals surface area contributed by atoms with E-state index in [4.69, 9.17) is 25.8 Å². The smallest absolute Gasteiger partial charge is 0.407 e. The maximum atomic E-state index is 11.6. The summed E-state index contributed by atoms with van der Waals surface area (Å²) in [5, 5.41) is 22.9. The first-order valence-electron chi connectivity index (χ1n) is 7.09. The standard InChI is InChI=1S/C15H20ClNO6/c1-15(2,3)23-14(20)17-6-10(18)13(19)8-4-11-12(5-9(8)16)22-7-21-11/h4-5,10,13,18-19H,6-7H2,1-3H3,(H,17,20). The number of hydrogen-bond donors (Lipinski definition) is 3. The number of nitrogens with one attached hydrogen (secondary N) is 1. The number of alkyl carbamates (subject to hydrolysis) is 1. The number of benzene rings is 1. The Kier molecular flexibility index (Phi) is 5.23. The van der Waals surface area contributed by atoms with Gasteiger partial charge in [0.05, 0.1) is 5.02 Å². The molecule has 0 spiro atoms. The molecule has 8 heteroatoms. The summed E-state index contributed by atoms with van der Waals surface area (Å²) in [6, 6.07) is 3.02. The van der Waals surface area contributed by atoms with Gasteiger partial charge in [-0.2, -0.15) is 0 Å². The zero-order chi connectivity index (χ0) is 17.2. The van der Waals surface area contributed by atoms with Gasteiger partial charge in [0.1, 0.15) is 17.8 Å². The van der Waals surface area contributed by atoms with Crippen molar-refractivity contribution in [1.29, 1.82) is 0 Å². The van der Waals surface area contributed by atoms with Gasteiger partial charge in [0, 0.05) is 18.2 Å². The van der Waals surface area contributed by atoms with Crippen molar-refractivity contribution in [2.45, 2.75) is 38.6 Å². The van der Waals surface area contributed by atoms with Gasteiger partial charge in [-0.25, -0.2) is 4.79 Å². The van der Waals surface area contributed by atoms with Crippen molar-refractivity contribution in [3.63, 3.8) is 0 Å². The SMILES string of the molecule is CC(C)(C)OC(=O)NCC(O)C(O)c1cc2c(cc1Cl)OCO2. The number of carbonyl (C=O) groups excluding carboxylic acids is 1. The number of carbonyl (C=O) groups is 1. The van der Waals surface area contributed by atoms with Gasteiger partial charge in [0.15, 0.2) is 11.5 Å². The van der Waals surface area contributed by atoms with Crippen LogP contribution in [0.4, 0.5) is 4.79 Å². The Balaban J connectivity index is 1.97. The molecule has 0 saturated heterocycles. The lowest BCUT2D eigenvalue weighted by Crippen LogP contribution is -2.38. The lowest BCUT2D eigenvalue weighted by molar-refractivity contribution is 0.0129. The van der Waals surface area contributed by atoms with Gasteiger partial charge in [-0.3, -0.25) is 0 Å². The van der Waals surface area contributed by atoms with Gasteiger partial charge in [-0.1, -0.05) is 11.6 Å². The lowest BCUT2D eigenvalue weighted by atomic mass is 10.0. The van der Waals surface area contributed by atoms with Crippen LogP contribution in [0.15, 0.2) is 12.1 Å². The minimum absolute atomic E-state index is 0.0773. The van der Waals surface area contributed by atoms with Gasteiger partial charge < -0.3 is 29.7 Å². The summed E-state index contributed by atoms with van der Waals surface area (Å²) in [4.78, 5) is 11.6. The molecular formula is C15H20ClNO6. The van der Waals surface area contributed by atoms with Crippen LogP contribution >= 0.6 is 11.6 Å². The summed E-state index contributed by atoms with van der Waals surface area (Å²) in [6.45, 7) is 5.06. The number of aliphatic hydroxyl groups excluding tert-OH is 2. The molecule has 1 aliphatic rings. The Labute approximate surface area is 139 Å². The molecule has 1 heterocycles. The Morgan fingerprint density at radius 2 is 1.96 bits per heavy atom. The van der Waals surface area contributed by atoms with Crippen LogP contribution in [0.5, 0.6) is 11.5 Å². The molecule has 7 nitrogen and oxygen atoms in total. The van der Waals surface area contributed by atoms with Crippen molar-refractivity contribution < 1.29 is 29.2 Å². The third-order valence-corrected chi connectivity index (χ3v) is 3.36. The van der Waals surface area contributed by atoms with E-state index in [0.717, 1.165) is 0 Å². The average Bonchev–Trinajstić information content (AvgIpc) is 2.88. The lowest BCUT2D eigenvalue weighted by Gasteiger charge is -2.22. The molecule has 23 heavy (non-hydrogen) atoms. The highest BCUT2D eigenvalue weighted by Gasteiger charge is 2.26. The maximum Gasteiger partial charge on any atom is 0.407 e. The molecule has 2 atom stereocenters. The van der Waals surface area contributed by atoms with Crippen molar-refractivity contribution in [2.75, 3.05) is 13.3 Å². The molecule has 0 bridgehead atoms. The van der Waals surface area contributed by atoms with Gasteiger partial charge in [0.25, 0.3) is 0 Å². The molecule has 3 N–H and O–H groups in total. The molecular weight excluding hydrogens is 326 g/mol. The quantitative estimate of drug-likeness (QED) is 0.772. The zero-order valence-corrected chi connectivity index (χ0v) is 13.9. The van der Waals surface area contributed by atoms with Crippen molar-refractivity contribution in [2.24, 2.45) is 0 Å². The van der Waals surface area contributed by atoms with Crippen LogP contribution in [0.3, 0.4) is 0 Å². The second-order valence-corrected chi connectivity index (χ2v) is 6.53. The van der Waals surface area contributed by atoms with Crippen LogP contribution < -0.4 is 14.8 Å². The van der Waals surface area contributed by atoms with Crippen molar-refractivity contribution in [1.82, 2.24) is 5.32 Å². The van der Waals surface area contributed by atoms with E-state index in [2.05, 4.69) is 5.32 Å². The number of aliphatic hydroxyl groups is 2. The monoisotopic (exact) mass is 345 g/mol. The largest absolute Gasteiger partial charge is 0.454 e. The number of hydrogen-bond acceptors (Lipinski definition) is 6. The van der Waals surface area contributed by atoms with Gasteiger partial charge in [-0.15, -0.1) is 0 Å². The van der Waals surface area contributed by atoms with Crippen molar-refractivity contribution in [3.05, 3.63) is 22.7 Å². The Hall–Kier alpha value is -1.70. The van der Waals surface area contributed by atoms with Crippen molar-refractivity contribution in [3.8, 4) is 11.5 Å². The van der Waals surface area contributed by atoms with E-state index < -0.39 is 23.9 Å². The van der Waals surface area contributed by atoms with E-state index in [-0.39, 0.29) is 23.9 Å². The zero-order valence-electron chi connectivity index (χ0n) is 13.1. The first-order valence-corrected chi connectivity index (χ1v) is 7.47. The molecule has 1 aromatic rings. The molecule has 0 saturated carbocycles. The summed E-state index contributed by atoms with van der Waals surface area (Å²) in [7, 11) is 0. The van der Waals surface area contributed by atoms with E-state index in [1.165, 1.54) is 12.1 Å². The van der Waals surface area contributed by atoms with Crippen LogP contribution in [-0.2, 0) is 4.74 Å².